The van der Waals surface area contributed by atoms with Gasteiger partial charge in [-0.25, -0.2) is 4.79 Å². The third kappa shape index (κ3) is 7.83. The van der Waals surface area contributed by atoms with Crippen molar-refractivity contribution in [2.24, 2.45) is 5.92 Å². The Morgan fingerprint density at radius 2 is 1.95 bits per heavy atom. The van der Waals surface area contributed by atoms with Crippen molar-refractivity contribution in [3.63, 3.8) is 0 Å². The second-order valence-electron chi connectivity index (χ2n) is 7.26. The second-order valence-corrected chi connectivity index (χ2v) is 7.26. The molecular weight excluding hydrogens is 280 g/mol. The minimum absolute atomic E-state index is 0.0823. The highest BCUT2D eigenvalue weighted by Gasteiger charge is 2.46. The fraction of sp³-hybridized carbons (Fsp3) is 0.833. The summed E-state index contributed by atoms with van der Waals surface area (Å²) >= 11 is 0. The lowest BCUT2D eigenvalue weighted by Crippen LogP contribution is -2.17. The van der Waals surface area contributed by atoms with Crippen LogP contribution in [0.3, 0.4) is 0 Å². The molecule has 4 nitrogen and oxygen atoms in total. The molecule has 1 aliphatic rings. The fourth-order valence-electron chi connectivity index (χ4n) is 2.26. The molecule has 1 fully saturated rings. The first-order valence-corrected chi connectivity index (χ1v) is 8.37. The van der Waals surface area contributed by atoms with Gasteiger partial charge in [-0.1, -0.05) is 25.5 Å². The Hall–Kier alpha value is -1.03. The van der Waals surface area contributed by atoms with Gasteiger partial charge in [0.15, 0.2) is 0 Å². The number of epoxide rings is 1. The van der Waals surface area contributed by atoms with Gasteiger partial charge in [-0.15, -0.1) is 0 Å². The van der Waals surface area contributed by atoms with Crippen molar-refractivity contribution in [3.05, 3.63) is 11.6 Å². The van der Waals surface area contributed by atoms with Gasteiger partial charge in [0.25, 0.3) is 0 Å². The molecule has 2 atom stereocenters. The van der Waals surface area contributed by atoms with E-state index in [0.29, 0.717) is 18.6 Å². The van der Waals surface area contributed by atoms with Crippen LogP contribution < -0.4 is 0 Å². The van der Waals surface area contributed by atoms with Gasteiger partial charge in [-0.3, -0.25) is 0 Å². The third-order valence-corrected chi connectivity index (χ3v) is 3.86. The van der Waals surface area contributed by atoms with Crippen LogP contribution in [0, 0.1) is 5.92 Å². The molecule has 1 heterocycles. The Labute approximate surface area is 135 Å². The summed E-state index contributed by atoms with van der Waals surface area (Å²) in [4.78, 5) is 11.4. The number of allylic oxidation sites excluding steroid dienone is 2. The molecule has 1 saturated heterocycles. The molecule has 0 aromatic rings. The van der Waals surface area contributed by atoms with E-state index in [1.807, 2.05) is 20.8 Å². The highest BCUT2D eigenvalue weighted by atomic mass is 16.7. The maximum Gasteiger partial charge on any atom is 0.508 e. The first kappa shape index (κ1) is 19.0. The molecule has 0 aromatic carbocycles. The van der Waals surface area contributed by atoms with Crippen molar-refractivity contribution in [1.82, 2.24) is 0 Å². The summed E-state index contributed by atoms with van der Waals surface area (Å²) < 4.78 is 15.8. The summed E-state index contributed by atoms with van der Waals surface area (Å²) in [6, 6.07) is 0. The average Bonchev–Trinajstić information content (AvgIpc) is 3.01. The highest BCUT2D eigenvalue weighted by Crippen LogP contribution is 2.38. The lowest BCUT2D eigenvalue weighted by molar-refractivity contribution is 0.0210. The standard InChI is InChI=1S/C18H32O4/c1-13(2)12-20-17(19)21-15(4)9-7-8-14(3)10-11-16-18(5,6)22-16/h8,13,15-16H,7,9-12H2,1-6H3/b14-8+. The van der Waals surface area contributed by atoms with Crippen molar-refractivity contribution in [3.8, 4) is 0 Å². The summed E-state index contributed by atoms with van der Waals surface area (Å²) in [5, 5.41) is 0. The smallest absolute Gasteiger partial charge is 0.434 e. The third-order valence-electron chi connectivity index (χ3n) is 3.86. The van der Waals surface area contributed by atoms with Gasteiger partial charge >= 0.3 is 6.16 Å². The maximum absolute atomic E-state index is 11.4. The Morgan fingerprint density at radius 1 is 1.32 bits per heavy atom. The van der Waals surface area contributed by atoms with Crippen LogP contribution in [0.15, 0.2) is 11.6 Å². The van der Waals surface area contributed by atoms with Crippen molar-refractivity contribution in [2.45, 2.75) is 85.0 Å². The van der Waals surface area contributed by atoms with Gasteiger partial charge in [0.2, 0.25) is 0 Å². The molecule has 0 radical (unpaired) electrons. The normalized spacial score (nSPS) is 21.6. The largest absolute Gasteiger partial charge is 0.508 e. The maximum atomic E-state index is 11.4. The quantitative estimate of drug-likeness (QED) is 0.346. The second kappa shape index (κ2) is 8.56. The first-order chi connectivity index (χ1) is 10.2. The molecule has 0 aliphatic carbocycles. The molecule has 0 aromatic heterocycles. The summed E-state index contributed by atoms with van der Waals surface area (Å²) in [5.74, 6) is 0.328. The first-order valence-electron chi connectivity index (χ1n) is 8.37. The summed E-state index contributed by atoms with van der Waals surface area (Å²) in [5.41, 5.74) is 1.46. The molecule has 0 bridgehead atoms. The zero-order valence-corrected chi connectivity index (χ0v) is 15.0. The predicted molar refractivity (Wildman–Crippen MR) is 87.9 cm³/mol. The number of hydrogen-bond acceptors (Lipinski definition) is 4. The zero-order chi connectivity index (χ0) is 16.8. The monoisotopic (exact) mass is 312 g/mol. The van der Waals surface area contributed by atoms with Gasteiger partial charge < -0.3 is 14.2 Å². The van der Waals surface area contributed by atoms with E-state index in [1.165, 1.54) is 5.57 Å². The molecule has 22 heavy (non-hydrogen) atoms. The molecule has 1 aliphatic heterocycles. The Bertz CT molecular complexity index is 385. The number of carbonyl (C=O) groups excluding carboxylic acids is 1. The van der Waals surface area contributed by atoms with E-state index < -0.39 is 6.16 Å². The number of ether oxygens (including phenoxy) is 3. The van der Waals surface area contributed by atoms with E-state index in [1.54, 1.807) is 0 Å². The van der Waals surface area contributed by atoms with Gasteiger partial charge in [0, 0.05) is 0 Å². The van der Waals surface area contributed by atoms with Crippen molar-refractivity contribution in [1.29, 1.82) is 0 Å². The van der Waals surface area contributed by atoms with Gasteiger partial charge in [0.05, 0.1) is 18.3 Å². The van der Waals surface area contributed by atoms with Crippen LogP contribution in [0.2, 0.25) is 0 Å². The highest BCUT2D eigenvalue weighted by molar-refractivity contribution is 5.60. The molecule has 0 saturated carbocycles. The molecule has 128 valence electrons. The summed E-state index contributed by atoms with van der Waals surface area (Å²) in [6.45, 7) is 12.7. The molecule has 2 unspecified atom stereocenters. The SMILES string of the molecule is C/C(=C\CCC(C)OC(=O)OCC(C)C)CCC1OC1(C)C. The molecule has 1 rings (SSSR count). The Kier molecular flexibility index (Phi) is 7.40. The summed E-state index contributed by atoms with van der Waals surface area (Å²) in [6.07, 6.45) is 5.86. The zero-order valence-electron chi connectivity index (χ0n) is 15.0. The van der Waals surface area contributed by atoms with Crippen molar-refractivity contribution >= 4 is 6.16 Å². The van der Waals surface area contributed by atoms with Crippen LogP contribution in [0.1, 0.15) is 67.2 Å². The van der Waals surface area contributed by atoms with Crippen LogP contribution in [-0.2, 0) is 14.2 Å². The van der Waals surface area contributed by atoms with E-state index in [9.17, 15) is 4.79 Å². The van der Waals surface area contributed by atoms with Crippen LogP contribution in [-0.4, -0.2) is 30.6 Å². The van der Waals surface area contributed by atoms with Crippen LogP contribution in [0.4, 0.5) is 4.79 Å². The van der Waals surface area contributed by atoms with E-state index >= 15 is 0 Å². The molecular formula is C18H32O4. The minimum Gasteiger partial charge on any atom is -0.434 e. The van der Waals surface area contributed by atoms with Gasteiger partial charge in [-0.05, 0) is 59.3 Å². The lowest BCUT2D eigenvalue weighted by atomic mass is 10.0. The molecule has 0 amide bonds. The van der Waals surface area contributed by atoms with E-state index in [2.05, 4.69) is 26.8 Å². The average molecular weight is 312 g/mol. The Balaban J connectivity index is 2.11. The minimum atomic E-state index is -0.560. The van der Waals surface area contributed by atoms with E-state index in [0.717, 1.165) is 25.7 Å². The fourth-order valence-corrected chi connectivity index (χ4v) is 2.26. The van der Waals surface area contributed by atoms with Crippen LogP contribution in [0.5, 0.6) is 0 Å². The molecule has 4 heteroatoms. The van der Waals surface area contributed by atoms with Gasteiger partial charge in [0.1, 0.15) is 6.10 Å². The van der Waals surface area contributed by atoms with Gasteiger partial charge in [-0.2, -0.15) is 0 Å². The molecule has 0 spiro atoms. The summed E-state index contributed by atoms with van der Waals surface area (Å²) in [7, 11) is 0. The Morgan fingerprint density at radius 3 is 2.50 bits per heavy atom. The van der Waals surface area contributed by atoms with Crippen LogP contribution >= 0.6 is 0 Å². The van der Waals surface area contributed by atoms with Crippen molar-refractivity contribution in [2.75, 3.05) is 6.61 Å². The number of carbonyl (C=O) groups is 1. The molecule has 0 N–H and O–H groups in total. The van der Waals surface area contributed by atoms with E-state index in [-0.39, 0.29) is 11.7 Å². The number of hydrogen-bond donors (Lipinski definition) is 0. The van der Waals surface area contributed by atoms with E-state index in [4.69, 9.17) is 14.2 Å². The topological polar surface area (TPSA) is 48.1 Å². The predicted octanol–water partition coefficient (Wildman–Crippen LogP) is 4.87. The lowest BCUT2D eigenvalue weighted by Gasteiger charge is -2.13. The van der Waals surface area contributed by atoms with Crippen molar-refractivity contribution < 1.29 is 19.0 Å². The number of rotatable bonds is 9. The van der Waals surface area contributed by atoms with Crippen LogP contribution in [0.25, 0.3) is 0 Å².